The van der Waals surface area contributed by atoms with Gasteiger partial charge in [-0.2, -0.15) is 5.10 Å². The summed E-state index contributed by atoms with van der Waals surface area (Å²) in [5.41, 5.74) is 4.11. The highest BCUT2D eigenvalue weighted by atomic mass is 79.9. The van der Waals surface area contributed by atoms with Gasteiger partial charge in [0, 0.05) is 25.5 Å². The van der Waals surface area contributed by atoms with Gasteiger partial charge in [0.2, 0.25) is 5.91 Å². The van der Waals surface area contributed by atoms with E-state index in [9.17, 15) is 4.79 Å². The van der Waals surface area contributed by atoms with Gasteiger partial charge in [-0.05, 0) is 86.0 Å². The topological polar surface area (TPSA) is 50.7 Å². The summed E-state index contributed by atoms with van der Waals surface area (Å²) in [6.45, 7) is 0.280. The van der Waals surface area contributed by atoms with E-state index in [1.165, 1.54) is 11.8 Å². The van der Waals surface area contributed by atoms with Crippen LogP contribution < -0.4 is 10.2 Å². The van der Waals surface area contributed by atoms with Crippen molar-refractivity contribution in [2.75, 3.05) is 5.75 Å². The molecule has 0 aliphatic heterocycles. The largest absolute Gasteiger partial charge is 0.486 e. The van der Waals surface area contributed by atoms with Gasteiger partial charge in [-0.1, -0.05) is 40.9 Å². The maximum Gasteiger partial charge on any atom is 0.250 e. The lowest BCUT2D eigenvalue weighted by atomic mass is 10.2. The molecule has 0 aliphatic rings. The molecule has 1 N–H and O–H groups in total. The van der Waals surface area contributed by atoms with Crippen molar-refractivity contribution in [1.29, 1.82) is 0 Å². The molecule has 1 amide bonds. The Hall–Kier alpha value is -1.22. The number of carbonyl (C=O) groups is 1. The zero-order valence-electron chi connectivity index (χ0n) is 16.2. The summed E-state index contributed by atoms with van der Waals surface area (Å²) in [6, 6.07) is 16.2. The number of nitrogens with zero attached hydrogens (tertiary/aromatic N) is 1. The van der Waals surface area contributed by atoms with Crippen LogP contribution in [-0.2, 0) is 11.4 Å². The average molecular weight is 638 g/mol. The van der Waals surface area contributed by atoms with Crippen molar-refractivity contribution in [2.45, 2.75) is 11.5 Å². The number of ether oxygens (including phenoxy) is 1. The van der Waals surface area contributed by atoms with Gasteiger partial charge in [0.05, 0.1) is 20.9 Å². The zero-order valence-corrected chi connectivity index (χ0v) is 22.5. The molecule has 0 heterocycles. The maximum atomic E-state index is 12.0. The van der Waals surface area contributed by atoms with Crippen molar-refractivity contribution >= 4 is 90.5 Å². The third-order valence-electron chi connectivity index (χ3n) is 3.99. The normalized spacial score (nSPS) is 11.0. The summed E-state index contributed by atoms with van der Waals surface area (Å²) in [5.74, 6) is 0.655. The van der Waals surface area contributed by atoms with E-state index in [1.807, 2.05) is 30.3 Å². The Kier molecular flexibility index (Phi) is 9.77. The zero-order chi connectivity index (χ0) is 23.1. The summed E-state index contributed by atoms with van der Waals surface area (Å²) >= 11 is 26.4. The molecule has 0 fully saturated rings. The Balaban J connectivity index is 1.55. The van der Waals surface area contributed by atoms with Crippen LogP contribution in [0.3, 0.4) is 0 Å². The molecule has 10 heteroatoms. The van der Waals surface area contributed by atoms with Crippen LogP contribution in [0.5, 0.6) is 5.75 Å². The fourth-order valence-electron chi connectivity index (χ4n) is 2.47. The Morgan fingerprint density at radius 2 is 1.66 bits per heavy atom. The van der Waals surface area contributed by atoms with Crippen LogP contribution in [0.1, 0.15) is 11.1 Å². The third-order valence-corrected chi connectivity index (χ3v) is 7.02. The van der Waals surface area contributed by atoms with E-state index in [0.29, 0.717) is 20.8 Å². The number of nitrogens with one attached hydrogen (secondary N) is 1. The lowest BCUT2D eigenvalue weighted by Gasteiger charge is -2.12. The van der Waals surface area contributed by atoms with Crippen molar-refractivity contribution < 1.29 is 9.53 Å². The molecule has 0 saturated heterocycles. The predicted octanol–water partition coefficient (Wildman–Crippen LogP) is 7.99. The third kappa shape index (κ3) is 7.68. The quantitative estimate of drug-likeness (QED) is 0.155. The summed E-state index contributed by atoms with van der Waals surface area (Å²) in [5, 5.41) is 5.79. The van der Waals surface area contributed by atoms with Crippen LogP contribution in [0, 0.1) is 0 Å². The Bertz CT molecular complexity index is 1120. The van der Waals surface area contributed by atoms with Gasteiger partial charge in [-0.25, -0.2) is 5.43 Å². The van der Waals surface area contributed by atoms with Crippen molar-refractivity contribution in [3.63, 3.8) is 0 Å². The van der Waals surface area contributed by atoms with Crippen molar-refractivity contribution in [2.24, 2.45) is 5.10 Å². The van der Waals surface area contributed by atoms with Crippen LogP contribution in [0.15, 0.2) is 73.5 Å². The molecule has 0 saturated carbocycles. The lowest BCUT2D eigenvalue weighted by Crippen LogP contribution is -2.19. The second-order valence-electron chi connectivity index (χ2n) is 6.37. The Morgan fingerprint density at radius 1 is 1.00 bits per heavy atom. The molecular weight excluding hydrogens is 622 g/mol. The van der Waals surface area contributed by atoms with Gasteiger partial charge in [-0.15, -0.1) is 11.8 Å². The minimum atomic E-state index is -0.209. The molecular formula is C22H15Br2Cl3N2O2S. The molecule has 32 heavy (non-hydrogen) atoms. The molecule has 3 rings (SSSR count). The Morgan fingerprint density at radius 3 is 2.31 bits per heavy atom. The lowest BCUT2D eigenvalue weighted by molar-refractivity contribution is -0.118. The predicted molar refractivity (Wildman–Crippen MR) is 141 cm³/mol. The number of benzene rings is 3. The number of carbonyl (C=O) groups excluding carboxylic acids is 1. The number of hydrogen-bond acceptors (Lipinski definition) is 4. The SMILES string of the molecule is O=C(CSc1ccc(Cl)cc1)N/N=C\c1cc(Br)c(OCc2ccc(Cl)cc2Cl)c(Br)c1. The number of thioether (sulfide) groups is 1. The number of halogens is 5. The van der Waals surface area contributed by atoms with E-state index in [4.69, 9.17) is 39.5 Å². The van der Waals surface area contributed by atoms with Crippen LogP contribution in [0.25, 0.3) is 0 Å². The number of hydrogen-bond donors (Lipinski definition) is 1. The highest BCUT2D eigenvalue weighted by Gasteiger charge is 2.10. The number of amides is 1. The molecule has 3 aromatic carbocycles. The Labute approximate surface area is 221 Å². The van der Waals surface area contributed by atoms with Crippen molar-refractivity contribution in [3.8, 4) is 5.75 Å². The van der Waals surface area contributed by atoms with Crippen molar-refractivity contribution in [1.82, 2.24) is 5.43 Å². The number of rotatable bonds is 8. The summed E-state index contributed by atoms with van der Waals surface area (Å²) in [7, 11) is 0. The minimum absolute atomic E-state index is 0.209. The molecule has 0 aromatic heterocycles. The van der Waals surface area contributed by atoms with E-state index in [2.05, 4.69) is 42.4 Å². The van der Waals surface area contributed by atoms with Gasteiger partial charge in [0.15, 0.2) is 0 Å². The first-order chi connectivity index (χ1) is 15.3. The monoisotopic (exact) mass is 634 g/mol. The molecule has 4 nitrogen and oxygen atoms in total. The van der Waals surface area contributed by atoms with E-state index in [-0.39, 0.29) is 18.3 Å². The van der Waals surface area contributed by atoms with Crippen LogP contribution in [-0.4, -0.2) is 17.9 Å². The fraction of sp³-hybridized carbons (Fsp3) is 0.0909. The van der Waals surface area contributed by atoms with Crippen molar-refractivity contribution in [3.05, 3.63) is 89.7 Å². The molecule has 0 radical (unpaired) electrons. The molecule has 0 bridgehead atoms. The second-order valence-corrected chi connectivity index (χ2v) is 10.4. The summed E-state index contributed by atoms with van der Waals surface area (Å²) in [6.07, 6.45) is 1.56. The van der Waals surface area contributed by atoms with Crippen LogP contribution >= 0.6 is 78.4 Å². The molecule has 166 valence electrons. The summed E-state index contributed by atoms with van der Waals surface area (Å²) in [4.78, 5) is 13.0. The first-order valence-corrected chi connectivity index (χ1v) is 12.8. The van der Waals surface area contributed by atoms with E-state index < -0.39 is 0 Å². The molecule has 0 atom stereocenters. The standard InChI is InChI=1S/C22H15Br2Cl3N2O2S/c23-18-7-13(10-28-29-21(30)12-32-17-5-3-15(25)4-6-17)8-19(24)22(18)31-11-14-1-2-16(26)9-20(14)27/h1-10H,11-12H2,(H,29,30)/b28-10-. The maximum absolute atomic E-state index is 12.0. The highest BCUT2D eigenvalue weighted by molar-refractivity contribution is 9.11. The van der Waals surface area contributed by atoms with Gasteiger partial charge in [0.1, 0.15) is 12.4 Å². The van der Waals surface area contributed by atoms with Gasteiger partial charge < -0.3 is 4.74 Å². The first-order valence-electron chi connectivity index (χ1n) is 9.08. The molecule has 3 aromatic rings. The molecule has 0 aliphatic carbocycles. The molecule has 0 spiro atoms. The van der Waals surface area contributed by atoms with Gasteiger partial charge in [0.25, 0.3) is 0 Å². The number of hydrazone groups is 1. The molecule has 0 unspecified atom stereocenters. The van der Waals surface area contributed by atoms with Gasteiger partial charge >= 0.3 is 0 Å². The first kappa shape index (κ1) is 25.4. The van der Waals surface area contributed by atoms with Crippen LogP contribution in [0.4, 0.5) is 0 Å². The highest BCUT2D eigenvalue weighted by Crippen LogP contribution is 2.35. The van der Waals surface area contributed by atoms with Gasteiger partial charge in [-0.3, -0.25) is 4.79 Å². The van der Waals surface area contributed by atoms with E-state index in [0.717, 1.165) is 25.0 Å². The van der Waals surface area contributed by atoms with E-state index in [1.54, 1.807) is 30.5 Å². The van der Waals surface area contributed by atoms with Crippen LogP contribution in [0.2, 0.25) is 15.1 Å². The smallest absolute Gasteiger partial charge is 0.250 e. The van der Waals surface area contributed by atoms with E-state index >= 15 is 0 Å². The summed E-state index contributed by atoms with van der Waals surface area (Å²) < 4.78 is 7.36. The second kappa shape index (κ2) is 12.3. The minimum Gasteiger partial charge on any atom is -0.486 e. The fourth-order valence-corrected chi connectivity index (χ4v) is 5.20. The average Bonchev–Trinajstić information content (AvgIpc) is 2.74.